The highest BCUT2D eigenvalue weighted by atomic mass is 16.5. The summed E-state index contributed by atoms with van der Waals surface area (Å²) in [5, 5.41) is 10.3. The minimum Gasteiger partial charge on any atom is -0.454 e. The van der Waals surface area contributed by atoms with Crippen molar-refractivity contribution in [2.75, 3.05) is 5.73 Å². The SMILES string of the molecule is Cc1oc(-n2cccc2)c(C#N)c1C(=O)OCc1nc(N)c2ccccc2n1. The number of hydrogen-bond acceptors (Lipinski definition) is 7. The zero-order valence-electron chi connectivity index (χ0n) is 14.9. The van der Waals surface area contributed by atoms with E-state index >= 15 is 0 Å². The molecule has 28 heavy (non-hydrogen) atoms. The van der Waals surface area contributed by atoms with Gasteiger partial charge in [0, 0.05) is 17.8 Å². The molecule has 0 spiro atoms. The summed E-state index contributed by atoms with van der Waals surface area (Å²) in [6.45, 7) is 1.43. The topological polar surface area (TPSA) is 120 Å². The van der Waals surface area contributed by atoms with Crippen LogP contribution in [0, 0.1) is 18.3 Å². The van der Waals surface area contributed by atoms with Crippen LogP contribution in [0.15, 0.2) is 53.2 Å². The van der Waals surface area contributed by atoms with Crippen LogP contribution >= 0.6 is 0 Å². The van der Waals surface area contributed by atoms with E-state index in [2.05, 4.69) is 9.97 Å². The first-order chi connectivity index (χ1) is 13.6. The highest BCUT2D eigenvalue weighted by Crippen LogP contribution is 2.26. The van der Waals surface area contributed by atoms with Gasteiger partial charge in [-0.05, 0) is 31.2 Å². The van der Waals surface area contributed by atoms with Crippen molar-refractivity contribution >= 4 is 22.7 Å². The Bertz CT molecular complexity index is 1220. The Kier molecular flexibility index (Phi) is 4.26. The number of carbonyl (C=O) groups excluding carboxylic acids is 1. The van der Waals surface area contributed by atoms with Crippen molar-refractivity contribution < 1.29 is 13.9 Å². The first-order valence-corrected chi connectivity index (χ1v) is 8.43. The fourth-order valence-corrected chi connectivity index (χ4v) is 2.95. The van der Waals surface area contributed by atoms with Crippen LogP contribution in [-0.2, 0) is 11.3 Å². The number of ether oxygens (including phenoxy) is 1. The lowest BCUT2D eigenvalue weighted by molar-refractivity contribution is 0.0460. The number of nitriles is 1. The normalized spacial score (nSPS) is 10.7. The van der Waals surface area contributed by atoms with Crippen LogP contribution in [0.1, 0.15) is 27.5 Å². The van der Waals surface area contributed by atoms with Gasteiger partial charge in [-0.3, -0.25) is 4.57 Å². The van der Waals surface area contributed by atoms with Crippen molar-refractivity contribution in [2.45, 2.75) is 13.5 Å². The van der Waals surface area contributed by atoms with E-state index in [1.165, 1.54) is 0 Å². The van der Waals surface area contributed by atoms with Gasteiger partial charge in [0.2, 0.25) is 5.88 Å². The van der Waals surface area contributed by atoms with Gasteiger partial charge in [0.05, 0.1) is 5.52 Å². The van der Waals surface area contributed by atoms with E-state index < -0.39 is 5.97 Å². The molecule has 0 saturated carbocycles. The molecule has 138 valence electrons. The second-order valence-corrected chi connectivity index (χ2v) is 6.03. The minimum atomic E-state index is -0.688. The molecule has 8 nitrogen and oxygen atoms in total. The first kappa shape index (κ1) is 17.3. The Morgan fingerprint density at radius 1 is 1.25 bits per heavy atom. The second kappa shape index (κ2) is 6.89. The van der Waals surface area contributed by atoms with Gasteiger partial charge < -0.3 is 14.9 Å². The predicted octanol–water partition coefficient (Wildman–Crippen LogP) is 3.13. The molecule has 8 heteroatoms. The summed E-state index contributed by atoms with van der Waals surface area (Å²) in [6, 6.07) is 12.9. The standard InChI is InChI=1S/C20H15N5O3/c1-12-17(14(10-21)19(28-12)25-8-4-5-9-25)20(26)27-11-16-23-15-7-3-2-6-13(15)18(22)24-16/h2-9H,11H2,1H3,(H2,22,23,24). The van der Waals surface area contributed by atoms with Gasteiger partial charge in [-0.2, -0.15) is 5.26 Å². The summed E-state index contributed by atoms with van der Waals surface area (Å²) in [7, 11) is 0. The Morgan fingerprint density at radius 3 is 2.75 bits per heavy atom. The number of aromatic nitrogens is 3. The van der Waals surface area contributed by atoms with Gasteiger partial charge in [0.15, 0.2) is 12.4 Å². The molecule has 0 fully saturated rings. The zero-order valence-corrected chi connectivity index (χ0v) is 14.9. The Morgan fingerprint density at radius 2 is 2.00 bits per heavy atom. The van der Waals surface area contributed by atoms with Crippen molar-refractivity contribution in [3.63, 3.8) is 0 Å². The number of furan rings is 1. The number of nitrogens with two attached hydrogens (primary N) is 1. The van der Waals surface area contributed by atoms with Crippen LogP contribution in [0.25, 0.3) is 16.8 Å². The summed E-state index contributed by atoms with van der Waals surface area (Å²) < 4.78 is 12.6. The van der Waals surface area contributed by atoms with E-state index in [1.807, 2.05) is 24.3 Å². The molecule has 2 N–H and O–H groups in total. The number of fused-ring (bicyclic) bond motifs is 1. The fraction of sp³-hybridized carbons (Fsp3) is 0.100. The average molecular weight is 373 g/mol. The van der Waals surface area contributed by atoms with Crippen LogP contribution in [0.4, 0.5) is 5.82 Å². The monoisotopic (exact) mass is 373 g/mol. The number of anilines is 1. The lowest BCUT2D eigenvalue weighted by atomic mass is 10.1. The number of carbonyl (C=O) groups is 1. The van der Waals surface area contributed by atoms with Crippen molar-refractivity contribution in [1.29, 1.82) is 5.26 Å². The lowest BCUT2D eigenvalue weighted by Crippen LogP contribution is -2.10. The number of nitrogen functional groups attached to an aromatic ring is 1. The minimum absolute atomic E-state index is 0.0833. The van der Waals surface area contributed by atoms with E-state index in [0.29, 0.717) is 17.1 Å². The maximum Gasteiger partial charge on any atom is 0.343 e. The number of benzene rings is 1. The number of hydrogen-bond donors (Lipinski definition) is 1. The highest BCUT2D eigenvalue weighted by molar-refractivity contribution is 5.94. The summed E-state index contributed by atoms with van der Waals surface area (Å²) in [6.07, 6.45) is 3.44. The molecule has 3 aromatic heterocycles. The molecular weight excluding hydrogens is 358 g/mol. The summed E-state index contributed by atoms with van der Waals surface area (Å²) in [5.41, 5.74) is 6.80. The van der Waals surface area contributed by atoms with E-state index in [9.17, 15) is 10.1 Å². The average Bonchev–Trinajstić information content (AvgIpc) is 3.33. The number of nitrogens with zero attached hydrogens (tertiary/aromatic N) is 4. The third-order valence-electron chi connectivity index (χ3n) is 4.23. The molecular formula is C20H15N5O3. The van der Waals surface area contributed by atoms with Crippen molar-refractivity contribution in [3.8, 4) is 12.0 Å². The second-order valence-electron chi connectivity index (χ2n) is 6.03. The largest absolute Gasteiger partial charge is 0.454 e. The molecule has 0 aliphatic carbocycles. The maximum atomic E-state index is 12.6. The number of rotatable bonds is 4. The van der Waals surface area contributed by atoms with Gasteiger partial charge in [-0.15, -0.1) is 0 Å². The molecule has 4 rings (SSSR count). The van der Waals surface area contributed by atoms with Gasteiger partial charge in [0.25, 0.3) is 0 Å². The molecule has 0 bridgehead atoms. The molecule has 0 aliphatic rings. The number of aryl methyl sites for hydroxylation is 1. The van der Waals surface area contributed by atoms with Crippen molar-refractivity contribution in [2.24, 2.45) is 0 Å². The van der Waals surface area contributed by atoms with Crippen LogP contribution in [0.5, 0.6) is 0 Å². The molecule has 4 aromatic rings. The highest BCUT2D eigenvalue weighted by Gasteiger charge is 2.26. The van der Waals surface area contributed by atoms with Crippen LogP contribution in [0.2, 0.25) is 0 Å². The zero-order chi connectivity index (χ0) is 19.7. The first-order valence-electron chi connectivity index (χ1n) is 8.43. The van der Waals surface area contributed by atoms with Crippen LogP contribution in [-0.4, -0.2) is 20.5 Å². The fourth-order valence-electron chi connectivity index (χ4n) is 2.95. The Balaban J connectivity index is 1.61. The quantitative estimate of drug-likeness (QED) is 0.546. The third-order valence-corrected chi connectivity index (χ3v) is 4.23. The Labute approximate surface area is 159 Å². The number of esters is 1. The molecule has 0 amide bonds. The molecule has 0 saturated heterocycles. The summed E-state index contributed by atoms with van der Waals surface area (Å²) in [5.74, 6) is 0.456. The molecule has 0 radical (unpaired) electrons. The maximum absolute atomic E-state index is 12.6. The molecule has 0 aliphatic heterocycles. The van der Waals surface area contributed by atoms with E-state index in [-0.39, 0.29) is 29.4 Å². The van der Waals surface area contributed by atoms with Gasteiger partial charge >= 0.3 is 5.97 Å². The van der Waals surface area contributed by atoms with E-state index in [1.54, 1.807) is 42.1 Å². The third kappa shape index (κ3) is 2.95. The van der Waals surface area contributed by atoms with Gasteiger partial charge in [-0.25, -0.2) is 14.8 Å². The predicted molar refractivity (Wildman–Crippen MR) is 101 cm³/mol. The van der Waals surface area contributed by atoms with E-state index in [4.69, 9.17) is 14.9 Å². The summed E-state index contributed by atoms with van der Waals surface area (Å²) >= 11 is 0. The Hall–Kier alpha value is -4.12. The summed E-state index contributed by atoms with van der Waals surface area (Å²) in [4.78, 5) is 21.1. The smallest absolute Gasteiger partial charge is 0.343 e. The molecule has 0 atom stereocenters. The van der Waals surface area contributed by atoms with Crippen LogP contribution in [0.3, 0.4) is 0 Å². The van der Waals surface area contributed by atoms with Crippen LogP contribution < -0.4 is 5.73 Å². The van der Waals surface area contributed by atoms with Crippen molar-refractivity contribution in [3.05, 3.63) is 71.5 Å². The van der Waals surface area contributed by atoms with E-state index in [0.717, 1.165) is 5.39 Å². The number of para-hydroxylation sites is 1. The van der Waals surface area contributed by atoms with Crippen molar-refractivity contribution in [1.82, 2.24) is 14.5 Å². The lowest BCUT2D eigenvalue weighted by Gasteiger charge is -2.06. The van der Waals surface area contributed by atoms with Gasteiger partial charge in [-0.1, -0.05) is 12.1 Å². The molecule has 1 aromatic carbocycles. The molecule has 3 heterocycles. The molecule has 0 unspecified atom stereocenters. The van der Waals surface area contributed by atoms with Gasteiger partial charge in [0.1, 0.15) is 28.8 Å².